The zero-order valence-corrected chi connectivity index (χ0v) is 13.0. The van der Waals surface area contributed by atoms with Gasteiger partial charge in [-0.1, -0.05) is 12.5 Å². The van der Waals surface area contributed by atoms with Gasteiger partial charge in [0.1, 0.15) is 0 Å². The molecule has 3 nitrogen and oxygen atoms in total. The second-order valence-corrected chi connectivity index (χ2v) is 6.22. The van der Waals surface area contributed by atoms with Crippen LogP contribution in [0.1, 0.15) is 37.7 Å². The summed E-state index contributed by atoms with van der Waals surface area (Å²) in [7, 11) is 0. The highest BCUT2D eigenvalue weighted by atomic mass is 79.9. The van der Waals surface area contributed by atoms with E-state index in [9.17, 15) is 4.79 Å². The lowest BCUT2D eigenvalue weighted by molar-refractivity contribution is -0.681. The normalized spacial score (nSPS) is 16.3. The SMILES string of the molecule is Cc1ccc(NC(=O)C[NH2+]C2CCCCC2)c(Br)c1. The summed E-state index contributed by atoms with van der Waals surface area (Å²) in [5, 5.41) is 5.15. The molecule has 0 aromatic heterocycles. The summed E-state index contributed by atoms with van der Waals surface area (Å²) in [6, 6.07) is 6.60. The molecule has 0 atom stereocenters. The van der Waals surface area contributed by atoms with Crippen LogP contribution in [-0.2, 0) is 4.79 Å². The van der Waals surface area contributed by atoms with Gasteiger partial charge in [0.05, 0.1) is 11.7 Å². The fourth-order valence-electron chi connectivity index (χ4n) is 2.57. The van der Waals surface area contributed by atoms with E-state index in [0.717, 1.165) is 10.2 Å². The van der Waals surface area contributed by atoms with Gasteiger partial charge in [-0.2, -0.15) is 0 Å². The molecule has 104 valence electrons. The van der Waals surface area contributed by atoms with Crippen LogP contribution in [0, 0.1) is 6.92 Å². The Labute approximate surface area is 123 Å². The molecular weight excluding hydrogens is 304 g/mol. The third kappa shape index (κ3) is 4.62. The number of anilines is 1. The minimum Gasteiger partial charge on any atom is -0.336 e. The zero-order valence-electron chi connectivity index (χ0n) is 11.4. The Bertz CT molecular complexity index is 442. The van der Waals surface area contributed by atoms with Gasteiger partial charge in [-0.15, -0.1) is 0 Å². The Morgan fingerprint density at radius 1 is 1.37 bits per heavy atom. The van der Waals surface area contributed by atoms with E-state index < -0.39 is 0 Å². The number of hydrogen-bond acceptors (Lipinski definition) is 1. The molecule has 2 rings (SSSR count). The monoisotopic (exact) mass is 325 g/mol. The number of rotatable bonds is 4. The van der Waals surface area contributed by atoms with Gasteiger partial charge in [0.2, 0.25) is 0 Å². The van der Waals surface area contributed by atoms with Crippen molar-refractivity contribution in [2.75, 3.05) is 11.9 Å². The topological polar surface area (TPSA) is 45.7 Å². The molecule has 0 radical (unpaired) electrons. The standard InChI is InChI=1S/C15H21BrN2O/c1-11-7-8-14(13(16)9-11)18-15(19)10-17-12-5-3-2-4-6-12/h7-9,12,17H,2-6,10H2,1H3,(H,18,19)/p+1. The average molecular weight is 326 g/mol. The number of carbonyl (C=O) groups excluding carboxylic acids is 1. The van der Waals surface area contributed by atoms with Gasteiger partial charge >= 0.3 is 0 Å². The second kappa shape index (κ2) is 7.06. The van der Waals surface area contributed by atoms with Gasteiger partial charge in [0.25, 0.3) is 5.91 Å². The third-order valence-electron chi connectivity index (χ3n) is 3.69. The fraction of sp³-hybridized carbons (Fsp3) is 0.533. The van der Waals surface area contributed by atoms with Crippen molar-refractivity contribution in [3.8, 4) is 0 Å². The molecule has 1 amide bonds. The van der Waals surface area contributed by atoms with Crippen molar-refractivity contribution in [3.63, 3.8) is 0 Å². The molecule has 1 aliphatic carbocycles. The first-order valence-electron chi connectivity index (χ1n) is 7.04. The predicted molar refractivity (Wildman–Crippen MR) is 81.2 cm³/mol. The van der Waals surface area contributed by atoms with Crippen molar-refractivity contribution in [3.05, 3.63) is 28.2 Å². The molecule has 4 heteroatoms. The molecule has 1 saturated carbocycles. The van der Waals surface area contributed by atoms with E-state index in [1.165, 1.54) is 37.7 Å². The maximum Gasteiger partial charge on any atom is 0.279 e. The van der Waals surface area contributed by atoms with E-state index in [2.05, 4.69) is 26.6 Å². The van der Waals surface area contributed by atoms with Crippen LogP contribution in [0.15, 0.2) is 22.7 Å². The molecule has 1 aliphatic rings. The van der Waals surface area contributed by atoms with E-state index in [0.29, 0.717) is 12.6 Å². The lowest BCUT2D eigenvalue weighted by Gasteiger charge is -2.19. The summed E-state index contributed by atoms with van der Waals surface area (Å²) in [5.74, 6) is 0.0788. The van der Waals surface area contributed by atoms with Crippen LogP contribution in [0.4, 0.5) is 5.69 Å². The highest BCUT2D eigenvalue weighted by Gasteiger charge is 2.17. The molecule has 1 fully saturated rings. The Balaban J connectivity index is 1.80. The smallest absolute Gasteiger partial charge is 0.279 e. The largest absolute Gasteiger partial charge is 0.336 e. The van der Waals surface area contributed by atoms with Crippen molar-refractivity contribution in [2.45, 2.75) is 45.1 Å². The van der Waals surface area contributed by atoms with Crippen molar-refractivity contribution in [2.24, 2.45) is 0 Å². The summed E-state index contributed by atoms with van der Waals surface area (Å²) < 4.78 is 0.943. The van der Waals surface area contributed by atoms with Gasteiger partial charge < -0.3 is 10.6 Å². The average Bonchev–Trinajstić information content (AvgIpc) is 2.41. The first-order chi connectivity index (χ1) is 9.15. The summed E-state index contributed by atoms with van der Waals surface area (Å²) in [4.78, 5) is 11.9. The van der Waals surface area contributed by atoms with Gasteiger partial charge in [-0.05, 0) is 66.2 Å². The van der Waals surface area contributed by atoms with Gasteiger partial charge in [0.15, 0.2) is 6.54 Å². The van der Waals surface area contributed by atoms with Crippen LogP contribution >= 0.6 is 15.9 Å². The number of halogens is 1. The number of aryl methyl sites for hydroxylation is 1. The van der Waals surface area contributed by atoms with Crippen molar-refractivity contribution in [1.82, 2.24) is 0 Å². The Hall–Kier alpha value is -0.870. The molecule has 0 aliphatic heterocycles. The van der Waals surface area contributed by atoms with Crippen molar-refractivity contribution in [1.29, 1.82) is 0 Å². The van der Waals surface area contributed by atoms with Crippen LogP contribution in [0.25, 0.3) is 0 Å². The second-order valence-electron chi connectivity index (χ2n) is 5.37. The van der Waals surface area contributed by atoms with Gasteiger partial charge in [-0.3, -0.25) is 4.79 Å². The summed E-state index contributed by atoms with van der Waals surface area (Å²) in [5.41, 5.74) is 2.03. The molecule has 3 N–H and O–H groups in total. The number of amides is 1. The van der Waals surface area contributed by atoms with Gasteiger partial charge in [-0.25, -0.2) is 0 Å². The van der Waals surface area contributed by atoms with E-state index in [4.69, 9.17) is 0 Å². The maximum absolute atomic E-state index is 11.9. The van der Waals surface area contributed by atoms with Crippen molar-refractivity contribution >= 4 is 27.5 Å². The molecule has 0 saturated heterocycles. The molecule has 0 unspecified atom stereocenters. The first-order valence-corrected chi connectivity index (χ1v) is 7.84. The molecule has 0 heterocycles. The number of hydrogen-bond donors (Lipinski definition) is 2. The van der Waals surface area contributed by atoms with Gasteiger partial charge in [0, 0.05) is 4.47 Å². The Morgan fingerprint density at radius 3 is 2.79 bits per heavy atom. The van der Waals surface area contributed by atoms with E-state index in [-0.39, 0.29) is 5.91 Å². The number of nitrogens with one attached hydrogen (secondary N) is 1. The summed E-state index contributed by atoms with van der Waals surface area (Å²) >= 11 is 3.48. The molecular formula is C15H22BrN2O+. The summed E-state index contributed by atoms with van der Waals surface area (Å²) in [6.45, 7) is 2.55. The first kappa shape index (κ1) is 14.5. The third-order valence-corrected chi connectivity index (χ3v) is 4.34. The van der Waals surface area contributed by atoms with E-state index in [1.54, 1.807) is 0 Å². The maximum atomic E-state index is 11.9. The predicted octanol–water partition coefficient (Wildman–Crippen LogP) is 2.59. The van der Waals surface area contributed by atoms with Crippen molar-refractivity contribution < 1.29 is 10.1 Å². The number of nitrogens with two attached hydrogens (primary N) is 1. The highest BCUT2D eigenvalue weighted by molar-refractivity contribution is 9.10. The highest BCUT2D eigenvalue weighted by Crippen LogP contribution is 2.23. The number of carbonyl (C=O) groups is 1. The Morgan fingerprint density at radius 2 is 2.11 bits per heavy atom. The fourth-order valence-corrected chi connectivity index (χ4v) is 3.16. The van der Waals surface area contributed by atoms with E-state index >= 15 is 0 Å². The minimum atomic E-state index is 0.0788. The minimum absolute atomic E-state index is 0.0788. The van der Waals surface area contributed by atoms with E-state index in [1.807, 2.05) is 25.1 Å². The molecule has 0 spiro atoms. The number of quaternary nitrogens is 1. The quantitative estimate of drug-likeness (QED) is 0.878. The lowest BCUT2D eigenvalue weighted by atomic mass is 9.95. The Kier molecular flexibility index (Phi) is 5.40. The van der Waals surface area contributed by atoms with Crippen LogP contribution in [-0.4, -0.2) is 18.5 Å². The van der Waals surface area contributed by atoms with Crippen LogP contribution in [0.5, 0.6) is 0 Å². The van der Waals surface area contributed by atoms with Crippen LogP contribution < -0.4 is 10.6 Å². The molecule has 19 heavy (non-hydrogen) atoms. The molecule has 1 aromatic carbocycles. The molecule has 0 bridgehead atoms. The zero-order chi connectivity index (χ0) is 13.7. The summed E-state index contributed by atoms with van der Waals surface area (Å²) in [6.07, 6.45) is 6.48. The van der Waals surface area contributed by atoms with Crippen LogP contribution in [0.3, 0.4) is 0 Å². The molecule has 1 aromatic rings. The number of benzene rings is 1. The van der Waals surface area contributed by atoms with Crippen LogP contribution in [0.2, 0.25) is 0 Å². The lowest BCUT2D eigenvalue weighted by Crippen LogP contribution is -2.91.